The van der Waals surface area contributed by atoms with Gasteiger partial charge in [0.05, 0.1) is 22.7 Å². The largest absolute Gasteiger partial charge is 0.497 e. The molecule has 2 heterocycles. The molecular formula is C23H18ClFN2O2S2. The van der Waals surface area contributed by atoms with Crippen LogP contribution >= 0.6 is 35.6 Å². The highest BCUT2D eigenvalue weighted by molar-refractivity contribution is 8.27. The minimum Gasteiger partial charge on any atom is -0.497 e. The number of ether oxygens (including phenoxy) is 1. The SMILES string of the molecule is COc1ccc(N2C(=O)/C(=C/c3cc(C)n(-c4ccc(F)c(Cl)c4)c3C)SC2=S)cc1. The maximum Gasteiger partial charge on any atom is 0.270 e. The first-order chi connectivity index (χ1) is 14.8. The van der Waals surface area contributed by atoms with Crippen molar-refractivity contribution in [1.29, 1.82) is 0 Å². The van der Waals surface area contributed by atoms with Crippen LogP contribution in [0.1, 0.15) is 17.0 Å². The zero-order valence-electron chi connectivity index (χ0n) is 17.0. The Balaban J connectivity index is 1.68. The summed E-state index contributed by atoms with van der Waals surface area (Å²) < 4.78 is 21.2. The lowest BCUT2D eigenvalue weighted by molar-refractivity contribution is -0.113. The number of rotatable bonds is 4. The molecule has 4 nitrogen and oxygen atoms in total. The van der Waals surface area contributed by atoms with Crippen LogP contribution in [0.15, 0.2) is 53.4 Å². The van der Waals surface area contributed by atoms with Crippen LogP contribution < -0.4 is 9.64 Å². The number of hydrogen-bond donors (Lipinski definition) is 0. The van der Waals surface area contributed by atoms with Gasteiger partial charge in [-0.15, -0.1) is 0 Å². The molecule has 1 aliphatic rings. The summed E-state index contributed by atoms with van der Waals surface area (Å²) in [7, 11) is 1.59. The summed E-state index contributed by atoms with van der Waals surface area (Å²) in [6.45, 7) is 3.89. The van der Waals surface area contributed by atoms with Crippen LogP contribution in [-0.4, -0.2) is 21.9 Å². The van der Waals surface area contributed by atoms with Gasteiger partial charge in [-0.3, -0.25) is 9.69 Å². The number of methoxy groups -OCH3 is 1. The van der Waals surface area contributed by atoms with E-state index in [1.165, 1.54) is 22.7 Å². The van der Waals surface area contributed by atoms with E-state index < -0.39 is 5.82 Å². The fourth-order valence-corrected chi connectivity index (χ4v) is 4.98. The third-order valence-electron chi connectivity index (χ3n) is 5.04. The Hall–Kier alpha value is -2.61. The lowest BCUT2D eigenvalue weighted by atomic mass is 10.2. The van der Waals surface area contributed by atoms with Crippen molar-refractivity contribution in [2.75, 3.05) is 12.0 Å². The average Bonchev–Trinajstić information content (AvgIpc) is 3.18. The summed E-state index contributed by atoms with van der Waals surface area (Å²) in [5.74, 6) is 0.0724. The topological polar surface area (TPSA) is 34.5 Å². The highest BCUT2D eigenvalue weighted by Crippen LogP contribution is 2.37. The van der Waals surface area contributed by atoms with Crippen LogP contribution in [0.5, 0.6) is 5.75 Å². The molecule has 1 aromatic heterocycles. The number of thioether (sulfide) groups is 1. The Labute approximate surface area is 194 Å². The molecule has 4 rings (SSSR count). The van der Waals surface area contributed by atoms with Crippen molar-refractivity contribution in [3.8, 4) is 11.4 Å². The molecule has 1 aliphatic heterocycles. The van der Waals surface area contributed by atoms with Crippen LogP contribution in [0.3, 0.4) is 0 Å². The minimum absolute atomic E-state index is 0.0620. The third-order valence-corrected chi connectivity index (χ3v) is 6.63. The molecule has 158 valence electrons. The Morgan fingerprint density at radius 3 is 2.42 bits per heavy atom. The molecule has 0 bridgehead atoms. The number of carbonyl (C=O) groups is 1. The van der Waals surface area contributed by atoms with Gasteiger partial charge in [0.25, 0.3) is 5.91 Å². The van der Waals surface area contributed by atoms with Crippen molar-refractivity contribution in [2.45, 2.75) is 13.8 Å². The zero-order chi connectivity index (χ0) is 22.3. The fourth-order valence-electron chi connectivity index (χ4n) is 3.52. The number of amides is 1. The molecule has 1 fully saturated rings. The van der Waals surface area contributed by atoms with Gasteiger partial charge in [0, 0.05) is 17.1 Å². The molecule has 31 heavy (non-hydrogen) atoms. The van der Waals surface area contributed by atoms with Gasteiger partial charge >= 0.3 is 0 Å². The van der Waals surface area contributed by atoms with E-state index in [9.17, 15) is 9.18 Å². The molecule has 0 saturated carbocycles. The molecule has 0 atom stereocenters. The van der Waals surface area contributed by atoms with Gasteiger partial charge in [-0.1, -0.05) is 35.6 Å². The van der Waals surface area contributed by atoms with Gasteiger partial charge in [0.1, 0.15) is 11.6 Å². The first-order valence-electron chi connectivity index (χ1n) is 9.36. The van der Waals surface area contributed by atoms with Gasteiger partial charge in [0.2, 0.25) is 0 Å². The van der Waals surface area contributed by atoms with Crippen molar-refractivity contribution in [2.24, 2.45) is 0 Å². The molecule has 0 aliphatic carbocycles. The first-order valence-corrected chi connectivity index (χ1v) is 11.0. The van der Waals surface area contributed by atoms with Crippen molar-refractivity contribution in [3.05, 3.63) is 81.2 Å². The predicted molar refractivity (Wildman–Crippen MR) is 129 cm³/mol. The van der Waals surface area contributed by atoms with Crippen LogP contribution in [0, 0.1) is 19.7 Å². The molecular weight excluding hydrogens is 455 g/mol. The third kappa shape index (κ3) is 4.01. The van der Waals surface area contributed by atoms with Crippen LogP contribution in [0.25, 0.3) is 11.8 Å². The van der Waals surface area contributed by atoms with Crippen molar-refractivity contribution in [1.82, 2.24) is 4.57 Å². The number of anilines is 1. The highest BCUT2D eigenvalue weighted by atomic mass is 35.5. The molecule has 2 aromatic carbocycles. The summed E-state index contributed by atoms with van der Waals surface area (Å²) in [6.07, 6.45) is 1.84. The second kappa shape index (κ2) is 8.49. The standard InChI is InChI=1S/C23H18ClFN2O2S2/c1-13-10-15(14(2)26(13)17-6-9-20(25)19(24)12-17)11-21-22(28)27(23(30)31-21)16-4-7-18(29-3)8-5-16/h4-12H,1-3H3/b21-11-. The monoisotopic (exact) mass is 472 g/mol. The number of nitrogens with zero attached hydrogens (tertiary/aromatic N) is 2. The lowest BCUT2D eigenvalue weighted by Crippen LogP contribution is -2.27. The lowest BCUT2D eigenvalue weighted by Gasteiger charge is -2.14. The van der Waals surface area contributed by atoms with Gasteiger partial charge in [0.15, 0.2) is 4.32 Å². The number of halogens is 2. The molecule has 8 heteroatoms. The molecule has 1 saturated heterocycles. The maximum atomic E-state index is 13.6. The normalized spacial score (nSPS) is 15.3. The molecule has 0 radical (unpaired) electrons. The van der Waals surface area contributed by atoms with E-state index in [0.717, 1.165) is 22.6 Å². The van der Waals surface area contributed by atoms with Crippen LogP contribution in [-0.2, 0) is 4.79 Å². The van der Waals surface area contributed by atoms with Crippen LogP contribution in [0.2, 0.25) is 5.02 Å². The Kier molecular flexibility index (Phi) is 5.92. The van der Waals surface area contributed by atoms with Gasteiger partial charge in [-0.05, 0) is 74.0 Å². The minimum atomic E-state index is -0.463. The Morgan fingerprint density at radius 1 is 1.10 bits per heavy atom. The highest BCUT2D eigenvalue weighted by Gasteiger charge is 2.33. The van der Waals surface area contributed by atoms with Crippen LogP contribution in [0.4, 0.5) is 10.1 Å². The summed E-state index contributed by atoms with van der Waals surface area (Å²) in [5.41, 5.74) is 4.19. The summed E-state index contributed by atoms with van der Waals surface area (Å²) in [4.78, 5) is 15.1. The summed E-state index contributed by atoms with van der Waals surface area (Å²) in [6, 6.07) is 13.8. The molecule has 3 aromatic rings. The smallest absolute Gasteiger partial charge is 0.270 e. The predicted octanol–water partition coefficient (Wildman–Crippen LogP) is 6.30. The van der Waals surface area contributed by atoms with E-state index in [-0.39, 0.29) is 10.9 Å². The molecule has 0 N–H and O–H groups in total. The quantitative estimate of drug-likeness (QED) is 0.329. The molecule has 0 spiro atoms. The number of aryl methyl sites for hydroxylation is 1. The van der Waals surface area contributed by atoms with Crippen molar-refractivity contribution >= 4 is 57.6 Å². The van der Waals surface area contributed by atoms with E-state index in [1.807, 2.05) is 30.6 Å². The second-order valence-corrected chi connectivity index (χ2v) is 9.06. The van der Waals surface area contributed by atoms with E-state index >= 15 is 0 Å². The average molecular weight is 473 g/mol. The molecule has 1 amide bonds. The summed E-state index contributed by atoms with van der Waals surface area (Å²) in [5, 5.41) is 0.0620. The van der Waals surface area contributed by atoms with Crippen molar-refractivity contribution < 1.29 is 13.9 Å². The summed E-state index contributed by atoms with van der Waals surface area (Å²) >= 11 is 12.7. The number of hydrogen-bond acceptors (Lipinski definition) is 4. The van der Waals surface area contributed by atoms with Gasteiger partial charge in [-0.2, -0.15) is 0 Å². The van der Waals surface area contributed by atoms with Gasteiger partial charge < -0.3 is 9.30 Å². The number of thiocarbonyl (C=S) groups is 1. The number of carbonyl (C=O) groups excluding carboxylic acids is 1. The van der Waals surface area contributed by atoms with Crippen molar-refractivity contribution in [3.63, 3.8) is 0 Å². The molecule has 0 unspecified atom stereocenters. The van der Waals surface area contributed by atoms with E-state index in [4.69, 9.17) is 28.6 Å². The Bertz CT molecular complexity index is 1240. The Morgan fingerprint density at radius 2 is 1.77 bits per heavy atom. The number of benzene rings is 2. The van der Waals surface area contributed by atoms with E-state index in [0.29, 0.717) is 20.7 Å². The zero-order valence-corrected chi connectivity index (χ0v) is 19.4. The number of aromatic nitrogens is 1. The fraction of sp³-hybridized carbons (Fsp3) is 0.130. The van der Waals surface area contributed by atoms with E-state index in [1.54, 1.807) is 43.5 Å². The maximum absolute atomic E-state index is 13.6. The van der Waals surface area contributed by atoms with E-state index in [2.05, 4.69) is 0 Å². The second-order valence-electron chi connectivity index (χ2n) is 6.98. The van der Waals surface area contributed by atoms with Gasteiger partial charge in [-0.25, -0.2) is 4.39 Å². The first kappa shape index (κ1) is 21.6.